The highest BCUT2D eigenvalue weighted by Gasteiger charge is 2.54. The summed E-state index contributed by atoms with van der Waals surface area (Å²) in [4.78, 5) is 65.5. The average Bonchev–Trinajstić information content (AvgIpc) is 4.18. The lowest BCUT2D eigenvalue weighted by atomic mass is 10.1. The summed E-state index contributed by atoms with van der Waals surface area (Å²) in [7, 11) is 0. The van der Waals surface area contributed by atoms with Gasteiger partial charge in [0.2, 0.25) is 5.79 Å². The zero-order valence-electron chi connectivity index (χ0n) is 33.5. The lowest BCUT2D eigenvalue weighted by Gasteiger charge is -2.21. The Labute approximate surface area is 361 Å². The number of nitrogen functional groups attached to an aromatic ring is 2. The first-order chi connectivity index (χ1) is 30.7. The maximum absolute atomic E-state index is 11.8. The molecule has 64 heavy (non-hydrogen) atoms. The summed E-state index contributed by atoms with van der Waals surface area (Å²) in [5, 5.41) is 47.2. The Morgan fingerprint density at radius 3 is 1.52 bits per heavy atom. The van der Waals surface area contributed by atoms with Gasteiger partial charge in [-0.15, -0.1) is 0 Å². The van der Waals surface area contributed by atoms with Crippen LogP contribution in [0.2, 0.25) is 0 Å². The van der Waals surface area contributed by atoms with E-state index in [0.29, 0.717) is 66.8 Å². The van der Waals surface area contributed by atoms with Crippen molar-refractivity contribution in [1.29, 1.82) is 0 Å². The molecule has 336 valence electrons. The minimum Gasteiger partial charge on any atom is -0.399 e. The molecule has 11 rings (SSSR count). The number of non-ortho nitro benzene ring substituents is 2. The summed E-state index contributed by atoms with van der Waals surface area (Å²) in [5.41, 5.74) is 17.1. The highest BCUT2D eigenvalue weighted by molar-refractivity contribution is 6.51. The van der Waals surface area contributed by atoms with E-state index in [-0.39, 0.29) is 49.3 Å². The molecule has 0 saturated carbocycles. The molecule has 3 fully saturated rings. The van der Waals surface area contributed by atoms with Gasteiger partial charge in [-0.3, -0.25) is 39.4 Å². The highest BCUT2D eigenvalue weighted by atomic mass is 16.8. The number of carbonyl (C=O) groups excluding carboxylic acids is 4. The maximum atomic E-state index is 11.8. The monoisotopic (exact) mass is 888 g/mol. The third-order valence-corrected chi connectivity index (χ3v) is 10.2. The summed E-state index contributed by atoms with van der Waals surface area (Å²) in [6.45, 7) is 3.13. The van der Waals surface area contributed by atoms with Gasteiger partial charge in [-0.25, -0.2) is 0 Å². The SMILES string of the molecule is Nc1ccc2c(c1)C1(CN2)OCCO1.Nc1ccc2c(c1)C1(OCCO1)C(=O)N2.O=C1Nc2ccc([N+](=O)[O-])cc2C12OCCO2.O=C1Nc2ccc([N+](=O)[O-])cc2C1=O.OCCO. The average molecular weight is 889 g/mol. The number of ketones is 1. The number of fused-ring (bicyclic) bond motifs is 7. The Kier molecular flexibility index (Phi) is 12.8. The predicted octanol–water partition coefficient (Wildman–Crippen LogP) is 1.76. The van der Waals surface area contributed by atoms with Crippen molar-refractivity contribution in [3.63, 3.8) is 0 Å². The molecule has 3 saturated heterocycles. The van der Waals surface area contributed by atoms with Crippen molar-refractivity contribution in [3.8, 4) is 0 Å². The van der Waals surface area contributed by atoms with E-state index in [9.17, 15) is 39.4 Å². The molecule has 0 unspecified atom stereocenters. The van der Waals surface area contributed by atoms with Crippen molar-refractivity contribution in [1.82, 2.24) is 0 Å². The molecule has 24 heteroatoms. The molecule has 0 bridgehead atoms. The number of Topliss-reactive ketones (excluding diaryl/α,β-unsaturated/α-hetero) is 1. The zero-order valence-corrected chi connectivity index (χ0v) is 33.5. The Morgan fingerprint density at radius 1 is 0.562 bits per heavy atom. The molecule has 0 aromatic heterocycles. The normalized spacial score (nSPS) is 18.8. The van der Waals surface area contributed by atoms with Crippen LogP contribution in [0.25, 0.3) is 0 Å². The fourth-order valence-electron chi connectivity index (χ4n) is 7.32. The van der Waals surface area contributed by atoms with E-state index in [0.717, 1.165) is 23.0 Å². The number of nitrogens with one attached hydrogen (secondary N) is 4. The standard InChI is InChI=1S/C10H8N2O5.C10H10N2O3.C10H12N2O2.C8H4N2O4.C2H6O2/c13-9-10(16-3-4-17-10)7-5-6(12(14)15)1-2-8(7)11-9;11-6-1-2-8-7(5-6)10(9(13)12-8)14-3-4-15-10;11-7-1-2-9-8(5-7)10(6-12-9)13-3-4-14-10;11-7-5-3-4(10(13)14)1-2-6(5)9-8(7)12;3-1-2-4/h1-2,5H,3-4H2,(H,11,13);1-2,5H,3-4,11H2,(H,12,13);1-2,5,12H,3-4,6,11H2;1-3H,(H,9,11,12);3-4H,1-2H2. The van der Waals surface area contributed by atoms with Gasteiger partial charge in [-0.1, -0.05) is 0 Å². The second-order valence-corrected chi connectivity index (χ2v) is 14.2. The number of nitro benzene ring substituents is 2. The number of nitrogens with zero attached hydrogens (tertiary/aromatic N) is 2. The van der Waals surface area contributed by atoms with Crippen molar-refractivity contribution < 1.29 is 67.7 Å². The Morgan fingerprint density at radius 2 is 1.00 bits per heavy atom. The number of rotatable bonds is 3. The second kappa shape index (κ2) is 18.3. The van der Waals surface area contributed by atoms with Crippen molar-refractivity contribution in [3.05, 3.63) is 115 Å². The quantitative estimate of drug-likeness (QED) is 0.0629. The number of amides is 3. The van der Waals surface area contributed by atoms with Crippen LogP contribution in [0.1, 0.15) is 27.0 Å². The van der Waals surface area contributed by atoms with Gasteiger partial charge in [0.05, 0.1) is 97.4 Å². The van der Waals surface area contributed by atoms with E-state index in [1.807, 2.05) is 18.2 Å². The van der Waals surface area contributed by atoms with Gasteiger partial charge in [0.1, 0.15) is 0 Å². The maximum Gasteiger partial charge on any atom is 0.296 e. The molecule has 7 aliphatic rings. The van der Waals surface area contributed by atoms with Gasteiger partial charge in [-0.05, 0) is 48.5 Å². The molecule has 7 heterocycles. The van der Waals surface area contributed by atoms with Crippen LogP contribution < -0.4 is 32.7 Å². The van der Waals surface area contributed by atoms with Crippen molar-refractivity contribution in [2.75, 3.05) is 92.1 Å². The Bertz CT molecular complexity index is 2520. The number of nitrogens with two attached hydrogens (primary N) is 2. The summed E-state index contributed by atoms with van der Waals surface area (Å²) in [5.74, 6) is -5.54. The van der Waals surface area contributed by atoms with Crippen molar-refractivity contribution in [2.45, 2.75) is 17.4 Å². The molecule has 4 aromatic carbocycles. The van der Waals surface area contributed by atoms with E-state index in [1.165, 1.54) is 30.3 Å². The zero-order chi connectivity index (χ0) is 45.8. The first-order valence-electron chi connectivity index (χ1n) is 19.3. The van der Waals surface area contributed by atoms with Crippen LogP contribution in [-0.4, -0.2) is 103 Å². The van der Waals surface area contributed by atoms with Crippen LogP contribution >= 0.6 is 0 Å². The minimum atomic E-state index is -1.50. The van der Waals surface area contributed by atoms with Gasteiger partial charge in [0, 0.05) is 52.5 Å². The second-order valence-electron chi connectivity index (χ2n) is 14.2. The number of nitro groups is 2. The first-order valence-corrected chi connectivity index (χ1v) is 19.3. The van der Waals surface area contributed by atoms with Crippen LogP contribution in [0, 0.1) is 20.2 Å². The van der Waals surface area contributed by atoms with Crippen molar-refractivity contribution in [2.24, 2.45) is 0 Å². The number of benzene rings is 4. The molecule has 10 N–H and O–H groups in total. The van der Waals surface area contributed by atoms with E-state index in [2.05, 4.69) is 21.3 Å². The van der Waals surface area contributed by atoms with Crippen LogP contribution in [0.3, 0.4) is 0 Å². The molecular weight excluding hydrogens is 848 g/mol. The molecule has 0 atom stereocenters. The summed E-state index contributed by atoms with van der Waals surface area (Å²) in [6, 6.07) is 18.7. The number of aliphatic hydroxyl groups excluding tert-OH is 2. The lowest BCUT2D eigenvalue weighted by Crippen LogP contribution is -2.35. The van der Waals surface area contributed by atoms with E-state index < -0.39 is 44.8 Å². The lowest BCUT2D eigenvalue weighted by molar-refractivity contribution is -0.385. The van der Waals surface area contributed by atoms with Gasteiger partial charge in [-0.2, -0.15) is 0 Å². The molecule has 3 amide bonds. The summed E-state index contributed by atoms with van der Waals surface area (Å²) < 4.78 is 32.7. The third-order valence-electron chi connectivity index (χ3n) is 10.2. The van der Waals surface area contributed by atoms with Crippen LogP contribution in [0.4, 0.5) is 45.5 Å². The van der Waals surface area contributed by atoms with Crippen LogP contribution in [0.5, 0.6) is 0 Å². The number of anilines is 6. The summed E-state index contributed by atoms with van der Waals surface area (Å²) in [6.07, 6.45) is 0. The topological polar surface area (TPSA) is 351 Å². The number of ether oxygens (including phenoxy) is 6. The summed E-state index contributed by atoms with van der Waals surface area (Å²) >= 11 is 0. The molecule has 7 aliphatic heterocycles. The fourth-order valence-corrected chi connectivity index (χ4v) is 7.32. The van der Waals surface area contributed by atoms with E-state index >= 15 is 0 Å². The number of hydrogen-bond acceptors (Lipinski definition) is 19. The third kappa shape index (κ3) is 8.49. The fraction of sp³-hybridized carbons (Fsp3) is 0.300. The van der Waals surface area contributed by atoms with Gasteiger partial charge < -0.3 is 71.4 Å². The molecule has 3 spiro atoms. The molecular formula is C40H40N8O16. The Balaban J connectivity index is 0.000000124. The molecule has 0 aliphatic carbocycles. The number of hydrogen-bond donors (Lipinski definition) is 8. The molecule has 0 radical (unpaired) electrons. The van der Waals surface area contributed by atoms with E-state index in [4.69, 9.17) is 50.1 Å². The van der Waals surface area contributed by atoms with Gasteiger partial charge >= 0.3 is 0 Å². The Hall–Kier alpha value is -7.16. The minimum absolute atomic E-state index is 0.0594. The van der Waals surface area contributed by atoms with Gasteiger partial charge in [0.15, 0.2) is 0 Å². The van der Waals surface area contributed by atoms with Gasteiger partial charge in [0.25, 0.3) is 46.5 Å². The highest BCUT2D eigenvalue weighted by Crippen LogP contribution is 2.45. The van der Waals surface area contributed by atoms with Crippen LogP contribution in [0.15, 0.2) is 72.8 Å². The van der Waals surface area contributed by atoms with Crippen molar-refractivity contribution >= 4 is 69.0 Å². The van der Waals surface area contributed by atoms with E-state index in [1.54, 1.807) is 18.2 Å². The smallest absolute Gasteiger partial charge is 0.296 e. The number of aliphatic hydroxyl groups is 2. The molecule has 24 nitrogen and oxygen atoms in total. The predicted molar refractivity (Wildman–Crippen MR) is 222 cm³/mol. The largest absolute Gasteiger partial charge is 0.399 e. The first kappa shape index (κ1) is 44.9. The molecule has 4 aromatic rings. The number of carbonyl (C=O) groups is 4. The van der Waals surface area contributed by atoms with Crippen LogP contribution in [-0.2, 0) is 60.2 Å².